The first-order valence-corrected chi connectivity index (χ1v) is 7.33. The Morgan fingerprint density at radius 1 is 1.14 bits per heavy atom. The zero-order valence-electron chi connectivity index (χ0n) is 12.1. The van der Waals surface area contributed by atoms with E-state index in [-0.39, 0.29) is 11.1 Å². The van der Waals surface area contributed by atoms with Crippen LogP contribution >= 0.6 is 23.2 Å². The predicted molar refractivity (Wildman–Crippen MR) is 89.2 cm³/mol. The van der Waals surface area contributed by atoms with Gasteiger partial charge in [0.2, 0.25) is 0 Å². The van der Waals surface area contributed by atoms with Gasteiger partial charge in [0.15, 0.2) is 0 Å². The van der Waals surface area contributed by atoms with Crippen molar-refractivity contribution >= 4 is 34.6 Å². The summed E-state index contributed by atoms with van der Waals surface area (Å²) in [6.07, 6.45) is 0. The summed E-state index contributed by atoms with van der Waals surface area (Å²) in [5.74, 6) is -0.466. The van der Waals surface area contributed by atoms with Gasteiger partial charge < -0.3 is 10.2 Å². The molecule has 21 heavy (non-hydrogen) atoms. The number of halogens is 3. The lowest BCUT2D eigenvalue weighted by atomic mass is 10.1. The van der Waals surface area contributed by atoms with E-state index in [1.54, 1.807) is 0 Å². The normalized spacial score (nSPS) is 12.1. The van der Waals surface area contributed by atoms with Gasteiger partial charge in [-0.1, -0.05) is 29.3 Å². The molecule has 0 fully saturated rings. The Hall–Kier alpha value is -1.45. The first-order chi connectivity index (χ1) is 9.90. The Bertz CT molecular complexity index is 644. The Balaban J connectivity index is 2.28. The molecule has 0 saturated heterocycles. The summed E-state index contributed by atoms with van der Waals surface area (Å²) in [4.78, 5) is 2.01. The molecule has 0 saturated carbocycles. The Morgan fingerprint density at radius 3 is 2.52 bits per heavy atom. The van der Waals surface area contributed by atoms with Crippen molar-refractivity contribution in [2.24, 2.45) is 0 Å². The van der Waals surface area contributed by atoms with Crippen LogP contribution in [0.1, 0.15) is 18.5 Å². The smallest absolute Gasteiger partial charge is 0.142 e. The summed E-state index contributed by atoms with van der Waals surface area (Å²) < 4.78 is 13.6. The van der Waals surface area contributed by atoms with E-state index >= 15 is 0 Å². The minimum atomic E-state index is -0.466. The molecule has 112 valence electrons. The molecule has 0 spiro atoms. The van der Waals surface area contributed by atoms with Gasteiger partial charge in [0.1, 0.15) is 5.82 Å². The van der Waals surface area contributed by atoms with Crippen molar-refractivity contribution in [2.45, 2.75) is 13.0 Å². The first-order valence-electron chi connectivity index (χ1n) is 6.57. The maximum absolute atomic E-state index is 13.6. The van der Waals surface area contributed by atoms with E-state index in [9.17, 15) is 4.39 Å². The molecule has 0 aliphatic heterocycles. The highest BCUT2D eigenvalue weighted by Gasteiger charge is 2.17. The average Bonchev–Trinajstić information content (AvgIpc) is 2.43. The molecule has 0 bridgehead atoms. The fourth-order valence-corrected chi connectivity index (χ4v) is 2.83. The summed E-state index contributed by atoms with van der Waals surface area (Å²) in [5, 5.41) is 3.81. The Kier molecular flexibility index (Phi) is 4.96. The van der Waals surface area contributed by atoms with Gasteiger partial charge in [0.05, 0.1) is 11.1 Å². The van der Waals surface area contributed by atoms with Crippen molar-refractivity contribution in [1.82, 2.24) is 0 Å². The topological polar surface area (TPSA) is 15.3 Å². The van der Waals surface area contributed by atoms with Gasteiger partial charge in [-0.2, -0.15) is 0 Å². The molecular formula is C16H17Cl2FN2. The van der Waals surface area contributed by atoms with Crippen LogP contribution < -0.4 is 10.2 Å². The minimum absolute atomic E-state index is 0.0614. The van der Waals surface area contributed by atoms with Gasteiger partial charge in [-0.05, 0) is 37.3 Å². The van der Waals surface area contributed by atoms with Crippen molar-refractivity contribution in [3.05, 3.63) is 57.8 Å². The standard InChI is InChI=1S/C16H17Cl2FN2/c1-10(15-13(17)7-8-14(19)16(15)18)20-11-5-4-6-12(9-11)21(2)3/h4-10,20H,1-3H3. The molecule has 5 heteroatoms. The molecule has 2 rings (SSSR count). The highest BCUT2D eigenvalue weighted by Crippen LogP contribution is 2.34. The third-order valence-corrected chi connectivity index (χ3v) is 3.97. The van der Waals surface area contributed by atoms with Gasteiger partial charge in [0.25, 0.3) is 0 Å². The Morgan fingerprint density at radius 2 is 1.86 bits per heavy atom. The minimum Gasteiger partial charge on any atom is -0.378 e. The predicted octanol–water partition coefficient (Wildman–Crippen LogP) is 5.37. The monoisotopic (exact) mass is 326 g/mol. The van der Waals surface area contributed by atoms with Gasteiger partial charge in [-0.25, -0.2) is 4.39 Å². The summed E-state index contributed by atoms with van der Waals surface area (Å²) in [6.45, 7) is 1.90. The number of rotatable bonds is 4. The van der Waals surface area contributed by atoms with E-state index in [2.05, 4.69) is 5.32 Å². The molecule has 2 nitrogen and oxygen atoms in total. The summed E-state index contributed by atoms with van der Waals surface area (Å²) in [7, 11) is 3.95. The van der Waals surface area contributed by atoms with Crippen molar-refractivity contribution in [1.29, 1.82) is 0 Å². The molecular weight excluding hydrogens is 310 g/mol. The van der Waals surface area contributed by atoms with Crippen LogP contribution in [0.5, 0.6) is 0 Å². The fraction of sp³-hybridized carbons (Fsp3) is 0.250. The average molecular weight is 327 g/mol. The van der Waals surface area contributed by atoms with Crippen LogP contribution in [0.3, 0.4) is 0 Å². The fourth-order valence-electron chi connectivity index (χ4n) is 2.14. The third kappa shape index (κ3) is 3.60. The second-order valence-electron chi connectivity index (χ2n) is 5.07. The van der Waals surface area contributed by atoms with E-state index in [1.807, 2.05) is 50.2 Å². The van der Waals surface area contributed by atoms with E-state index in [0.29, 0.717) is 10.6 Å². The van der Waals surface area contributed by atoms with E-state index in [0.717, 1.165) is 11.4 Å². The molecule has 0 radical (unpaired) electrons. The molecule has 1 N–H and O–H groups in total. The number of nitrogens with one attached hydrogen (secondary N) is 1. The lowest BCUT2D eigenvalue weighted by Gasteiger charge is -2.20. The highest BCUT2D eigenvalue weighted by molar-refractivity contribution is 6.36. The van der Waals surface area contributed by atoms with E-state index < -0.39 is 5.82 Å². The molecule has 0 amide bonds. The largest absolute Gasteiger partial charge is 0.378 e. The van der Waals surface area contributed by atoms with E-state index in [1.165, 1.54) is 12.1 Å². The zero-order valence-corrected chi connectivity index (χ0v) is 13.6. The summed E-state index contributed by atoms with van der Waals surface area (Å²) in [6, 6.07) is 10.5. The van der Waals surface area contributed by atoms with Crippen LogP contribution in [-0.4, -0.2) is 14.1 Å². The quantitative estimate of drug-likeness (QED) is 0.759. The van der Waals surface area contributed by atoms with Crippen LogP contribution in [0.15, 0.2) is 36.4 Å². The van der Waals surface area contributed by atoms with Crippen LogP contribution in [0.2, 0.25) is 10.0 Å². The molecule has 2 aromatic carbocycles. The molecule has 0 aliphatic rings. The Labute approximate surface area is 134 Å². The number of nitrogens with zero attached hydrogens (tertiary/aromatic N) is 1. The zero-order chi connectivity index (χ0) is 15.6. The van der Waals surface area contributed by atoms with Gasteiger partial charge in [-0.15, -0.1) is 0 Å². The lowest BCUT2D eigenvalue weighted by molar-refractivity contribution is 0.624. The van der Waals surface area contributed by atoms with Crippen molar-refractivity contribution < 1.29 is 4.39 Å². The maximum Gasteiger partial charge on any atom is 0.142 e. The number of hydrogen-bond acceptors (Lipinski definition) is 2. The van der Waals surface area contributed by atoms with Crippen LogP contribution in [0.4, 0.5) is 15.8 Å². The lowest BCUT2D eigenvalue weighted by Crippen LogP contribution is -2.11. The summed E-state index contributed by atoms with van der Waals surface area (Å²) >= 11 is 12.2. The van der Waals surface area contributed by atoms with E-state index in [4.69, 9.17) is 23.2 Å². The van der Waals surface area contributed by atoms with Gasteiger partial charge in [-0.3, -0.25) is 0 Å². The molecule has 0 heterocycles. The molecule has 0 aliphatic carbocycles. The molecule has 0 aromatic heterocycles. The molecule has 1 unspecified atom stereocenters. The third-order valence-electron chi connectivity index (χ3n) is 3.26. The van der Waals surface area contributed by atoms with Gasteiger partial charge >= 0.3 is 0 Å². The highest BCUT2D eigenvalue weighted by atomic mass is 35.5. The van der Waals surface area contributed by atoms with Crippen LogP contribution in [0, 0.1) is 5.82 Å². The molecule has 1 atom stereocenters. The first kappa shape index (κ1) is 15.9. The second kappa shape index (κ2) is 6.54. The summed E-state index contributed by atoms with van der Waals surface area (Å²) in [5.41, 5.74) is 2.56. The van der Waals surface area contributed by atoms with Crippen LogP contribution in [0.25, 0.3) is 0 Å². The second-order valence-corrected chi connectivity index (χ2v) is 5.85. The molecule has 2 aromatic rings. The van der Waals surface area contributed by atoms with Gasteiger partial charge in [0, 0.05) is 36.1 Å². The number of hydrogen-bond donors (Lipinski definition) is 1. The SMILES string of the molecule is CC(Nc1cccc(N(C)C)c1)c1c(Cl)ccc(F)c1Cl. The van der Waals surface area contributed by atoms with Crippen molar-refractivity contribution in [2.75, 3.05) is 24.3 Å². The number of benzene rings is 2. The number of anilines is 2. The maximum atomic E-state index is 13.6. The van der Waals surface area contributed by atoms with Crippen LogP contribution in [-0.2, 0) is 0 Å². The van der Waals surface area contributed by atoms with Crippen molar-refractivity contribution in [3.63, 3.8) is 0 Å². The van der Waals surface area contributed by atoms with Crippen molar-refractivity contribution in [3.8, 4) is 0 Å².